The van der Waals surface area contributed by atoms with E-state index < -0.39 is 0 Å². The van der Waals surface area contributed by atoms with Crippen LogP contribution in [0.3, 0.4) is 0 Å². The minimum atomic E-state index is -0.105. The van der Waals surface area contributed by atoms with Crippen molar-refractivity contribution >= 4 is 12.4 Å². The molecule has 1 aliphatic heterocycles. The molecule has 2 heterocycles. The van der Waals surface area contributed by atoms with Crippen molar-refractivity contribution in [3.63, 3.8) is 0 Å². The zero-order valence-corrected chi connectivity index (χ0v) is 11.9. The summed E-state index contributed by atoms with van der Waals surface area (Å²) in [6.45, 7) is 2.30. The van der Waals surface area contributed by atoms with Gasteiger partial charge in [-0.05, 0) is 12.0 Å². The van der Waals surface area contributed by atoms with E-state index in [2.05, 4.69) is 27.6 Å². The fraction of sp³-hybridized carbons (Fsp3) is 0.429. The first-order valence-electron chi connectivity index (χ1n) is 6.60. The van der Waals surface area contributed by atoms with Crippen LogP contribution >= 0.6 is 12.4 Å². The van der Waals surface area contributed by atoms with Crippen LogP contribution in [0.15, 0.2) is 34.9 Å². The summed E-state index contributed by atoms with van der Waals surface area (Å²) >= 11 is 0. The largest absolute Gasteiger partial charge is 0.366 e. The van der Waals surface area contributed by atoms with Gasteiger partial charge < -0.3 is 14.6 Å². The second kappa shape index (κ2) is 7.38. The molecule has 20 heavy (non-hydrogen) atoms. The summed E-state index contributed by atoms with van der Waals surface area (Å²) in [5, 5.41) is 7.26. The number of ether oxygens (including phenoxy) is 1. The molecule has 0 amide bonds. The molecule has 0 bridgehead atoms. The van der Waals surface area contributed by atoms with Crippen molar-refractivity contribution in [1.29, 1.82) is 0 Å². The van der Waals surface area contributed by atoms with Gasteiger partial charge in [-0.1, -0.05) is 35.5 Å². The van der Waals surface area contributed by atoms with Crippen LogP contribution in [-0.4, -0.2) is 29.8 Å². The maximum absolute atomic E-state index is 5.58. The van der Waals surface area contributed by atoms with E-state index in [4.69, 9.17) is 9.26 Å². The number of aromatic nitrogens is 2. The Morgan fingerprint density at radius 3 is 2.80 bits per heavy atom. The number of rotatable bonds is 4. The molecule has 6 heteroatoms. The standard InChI is InChI=1S/C14H17N3O2.ClH/c1-2-4-11(5-3-1)6-7-13-16-14(19-17-13)12-10-15-8-9-18-12;/h1-5,12,15H,6-10H2;1H/t12-;/m0./s1. The van der Waals surface area contributed by atoms with Gasteiger partial charge in [-0.3, -0.25) is 0 Å². The minimum Gasteiger partial charge on any atom is -0.366 e. The summed E-state index contributed by atoms with van der Waals surface area (Å²) in [4.78, 5) is 4.41. The van der Waals surface area contributed by atoms with Gasteiger partial charge >= 0.3 is 0 Å². The predicted octanol–water partition coefficient (Wildman–Crippen LogP) is 1.94. The first-order chi connectivity index (χ1) is 9.42. The Morgan fingerprint density at radius 2 is 2.05 bits per heavy atom. The zero-order chi connectivity index (χ0) is 12.9. The van der Waals surface area contributed by atoms with E-state index in [1.54, 1.807) is 0 Å². The highest BCUT2D eigenvalue weighted by molar-refractivity contribution is 5.85. The summed E-state index contributed by atoms with van der Waals surface area (Å²) < 4.78 is 10.8. The topological polar surface area (TPSA) is 60.2 Å². The molecule has 1 atom stereocenters. The normalized spacial score (nSPS) is 18.5. The summed E-state index contributed by atoms with van der Waals surface area (Å²) in [5.41, 5.74) is 1.28. The maximum Gasteiger partial charge on any atom is 0.257 e. The Morgan fingerprint density at radius 1 is 1.20 bits per heavy atom. The third-order valence-corrected chi connectivity index (χ3v) is 3.17. The lowest BCUT2D eigenvalue weighted by atomic mass is 10.1. The molecule has 1 aliphatic rings. The first kappa shape index (κ1) is 15.0. The summed E-state index contributed by atoms with van der Waals surface area (Å²) in [6.07, 6.45) is 1.60. The van der Waals surface area contributed by atoms with Crippen LogP contribution in [0.2, 0.25) is 0 Å². The van der Waals surface area contributed by atoms with Crippen LogP contribution < -0.4 is 5.32 Å². The van der Waals surface area contributed by atoms with E-state index in [1.807, 2.05) is 18.2 Å². The number of hydrogen-bond acceptors (Lipinski definition) is 5. The molecule has 5 nitrogen and oxygen atoms in total. The quantitative estimate of drug-likeness (QED) is 0.934. The van der Waals surface area contributed by atoms with E-state index in [0.717, 1.165) is 31.8 Å². The molecule has 1 fully saturated rings. The molecule has 0 saturated carbocycles. The van der Waals surface area contributed by atoms with Gasteiger partial charge in [0.15, 0.2) is 5.82 Å². The second-order valence-electron chi connectivity index (χ2n) is 4.60. The third-order valence-electron chi connectivity index (χ3n) is 3.17. The van der Waals surface area contributed by atoms with E-state index in [1.165, 1.54) is 5.56 Å². The number of morpholine rings is 1. The zero-order valence-electron chi connectivity index (χ0n) is 11.1. The van der Waals surface area contributed by atoms with Crippen LogP contribution in [0.25, 0.3) is 0 Å². The molecule has 108 valence electrons. The Kier molecular flexibility index (Phi) is 5.52. The van der Waals surface area contributed by atoms with Gasteiger partial charge in [-0.2, -0.15) is 4.98 Å². The SMILES string of the molecule is Cl.c1ccc(CCc2noc([C@@H]3CNCCO3)n2)cc1. The predicted molar refractivity (Wildman–Crippen MR) is 77.0 cm³/mol. The van der Waals surface area contributed by atoms with E-state index in [9.17, 15) is 0 Å². The highest BCUT2D eigenvalue weighted by atomic mass is 35.5. The number of benzene rings is 1. The van der Waals surface area contributed by atoms with Crippen LogP contribution in [0.4, 0.5) is 0 Å². The summed E-state index contributed by atoms with van der Waals surface area (Å²) in [7, 11) is 0. The highest BCUT2D eigenvalue weighted by Gasteiger charge is 2.21. The number of hydrogen-bond donors (Lipinski definition) is 1. The fourth-order valence-electron chi connectivity index (χ4n) is 2.12. The van der Waals surface area contributed by atoms with Crippen molar-refractivity contribution in [2.24, 2.45) is 0 Å². The van der Waals surface area contributed by atoms with Crippen molar-refractivity contribution < 1.29 is 9.26 Å². The number of halogens is 1. The van der Waals surface area contributed by atoms with Crippen LogP contribution in [-0.2, 0) is 17.6 Å². The van der Waals surface area contributed by atoms with E-state index in [0.29, 0.717) is 12.5 Å². The monoisotopic (exact) mass is 295 g/mol. The maximum atomic E-state index is 5.58. The Bertz CT molecular complexity index is 512. The van der Waals surface area contributed by atoms with Gasteiger partial charge in [-0.15, -0.1) is 12.4 Å². The van der Waals surface area contributed by atoms with Gasteiger partial charge in [0.25, 0.3) is 5.89 Å². The van der Waals surface area contributed by atoms with Gasteiger partial charge in [0.1, 0.15) is 6.10 Å². The minimum absolute atomic E-state index is 0. The van der Waals surface area contributed by atoms with Crippen LogP contribution in [0.5, 0.6) is 0 Å². The van der Waals surface area contributed by atoms with Crippen molar-refractivity contribution in [3.05, 3.63) is 47.6 Å². The number of nitrogens with zero attached hydrogens (tertiary/aromatic N) is 2. The van der Waals surface area contributed by atoms with E-state index in [-0.39, 0.29) is 18.5 Å². The van der Waals surface area contributed by atoms with E-state index >= 15 is 0 Å². The van der Waals surface area contributed by atoms with Gasteiger partial charge in [0.2, 0.25) is 0 Å². The van der Waals surface area contributed by atoms with Gasteiger partial charge in [0.05, 0.1) is 6.61 Å². The lowest BCUT2D eigenvalue weighted by Gasteiger charge is -2.19. The number of aryl methyl sites for hydroxylation is 2. The Hall–Kier alpha value is -1.43. The molecule has 1 N–H and O–H groups in total. The van der Waals surface area contributed by atoms with Crippen LogP contribution in [0, 0.1) is 0 Å². The number of nitrogens with one attached hydrogen (secondary N) is 1. The van der Waals surface area contributed by atoms with Crippen LogP contribution in [0.1, 0.15) is 23.4 Å². The van der Waals surface area contributed by atoms with Gasteiger partial charge in [-0.25, -0.2) is 0 Å². The molecule has 1 saturated heterocycles. The fourth-order valence-corrected chi connectivity index (χ4v) is 2.12. The van der Waals surface area contributed by atoms with Crippen molar-refractivity contribution in [3.8, 4) is 0 Å². The van der Waals surface area contributed by atoms with Gasteiger partial charge in [0, 0.05) is 19.5 Å². The lowest BCUT2D eigenvalue weighted by molar-refractivity contribution is 0.00755. The molecule has 0 aliphatic carbocycles. The van der Waals surface area contributed by atoms with Crippen molar-refractivity contribution in [2.75, 3.05) is 19.7 Å². The molecule has 2 aromatic rings. The lowest BCUT2D eigenvalue weighted by Crippen LogP contribution is -2.33. The molecule has 0 radical (unpaired) electrons. The van der Waals surface area contributed by atoms with Crippen molar-refractivity contribution in [1.82, 2.24) is 15.5 Å². The third kappa shape index (κ3) is 3.79. The molecular formula is C14H18ClN3O2. The highest BCUT2D eigenvalue weighted by Crippen LogP contribution is 2.16. The summed E-state index contributed by atoms with van der Waals surface area (Å²) in [5.74, 6) is 1.32. The second-order valence-corrected chi connectivity index (χ2v) is 4.60. The average Bonchev–Trinajstić information content (AvgIpc) is 2.96. The molecular weight excluding hydrogens is 278 g/mol. The first-order valence-corrected chi connectivity index (χ1v) is 6.60. The smallest absolute Gasteiger partial charge is 0.257 e. The summed E-state index contributed by atoms with van der Waals surface area (Å²) in [6, 6.07) is 10.3. The molecule has 3 rings (SSSR count). The molecule has 0 unspecified atom stereocenters. The average molecular weight is 296 g/mol. The van der Waals surface area contributed by atoms with Crippen molar-refractivity contribution in [2.45, 2.75) is 18.9 Å². The Labute approximate surface area is 124 Å². The molecule has 1 aromatic heterocycles. The molecule has 1 aromatic carbocycles. The Balaban J connectivity index is 0.00000147. The molecule has 0 spiro atoms.